The summed E-state index contributed by atoms with van der Waals surface area (Å²) in [6.07, 6.45) is 0. The largest absolute Gasteiger partial charge is 0.497 e. The van der Waals surface area contributed by atoms with E-state index < -0.39 is 5.97 Å². The molecule has 2 N–H and O–H groups in total. The van der Waals surface area contributed by atoms with Crippen LogP contribution in [0.5, 0.6) is 5.75 Å². The van der Waals surface area contributed by atoms with Crippen LogP contribution in [0.1, 0.15) is 15.9 Å². The van der Waals surface area contributed by atoms with Crippen molar-refractivity contribution in [1.29, 1.82) is 0 Å². The van der Waals surface area contributed by atoms with Gasteiger partial charge in [-0.25, -0.2) is 4.79 Å². The van der Waals surface area contributed by atoms with E-state index in [0.29, 0.717) is 24.3 Å². The Balaban J connectivity index is 1.58. The third-order valence-electron chi connectivity index (χ3n) is 4.86. The number of para-hydroxylation sites is 1. The molecule has 0 saturated heterocycles. The number of carbonyl (C=O) groups is 2. The van der Waals surface area contributed by atoms with Gasteiger partial charge in [0.05, 0.1) is 19.3 Å². The van der Waals surface area contributed by atoms with Crippen molar-refractivity contribution in [3.63, 3.8) is 0 Å². The molecule has 0 aliphatic heterocycles. The predicted octanol–water partition coefficient (Wildman–Crippen LogP) is 3.07. The molecule has 31 heavy (non-hydrogen) atoms. The zero-order chi connectivity index (χ0) is 22.2. The van der Waals surface area contributed by atoms with Crippen LogP contribution in [0.3, 0.4) is 0 Å². The SMILES string of the molecule is COc1ccc2cc(CN(C)C(=O)COC(=O)c3ccccc3NCCO)ccc2c1. The highest BCUT2D eigenvalue weighted by atomic mass is 16.5. The van der Waals surface area contributed by atoms with Crippen molar-refractivity contribution in [3.05, 3.63) is 71.8 Å². The van der Waals surface area contributed by atoms with Crippen LogP contribution in [0, 0.1) is 0 Å². The fourth-order valence-electron chi connectivity index (χ4n) is 3.18. The molecule has 7 heteroatoms. The van der Waals surface area contributed by atoms with Gasteiger partial charge in [-0.05, 0) is 46.7 Å². The number of aliphatic hydroxyl groups excluding tert-OH is 1. The Morgan fingerprint density at radius 3 is 2.55 bits per heavy atom. The second-order valence-electron chi connectivity index (χ2n) is 7.07. The lowest BCUT2D eigenvalue weighted by atomic mass is 10.1. The minimum atomic E-state index is -0.595. The molecule has 3 aromatic rings. The van der Waals surface area contributed by atoms with Crippen molar-refractivity contribution in [1.82, 2.24) is 4.90 Å². The first-order valence-corrected chi connectivity index (χ1v) is 9.93. The predicted molar refractivity (Wildman–Crippen MR) is 119 cm³/mol. The second kappa shape index (κ2) is 10.4. The molecular formula is C24H26N2O5. The van der Waals surface area contributed by atoms with Crippen LogP contribution in [0.4, 0.5) is 5.69 Å². The lowest BCUT2D eigenvalue weighted by molar-refractivity contribution is -0.133. The first-order chi connectivity index (χ1) is 15.0. The Labute approximate surface area is 181 Å². The molecule has 0 unspecified atom stereocenters. The summed E-state index contributed by atoms with van der Waals surface area (Å²) in [4.78, 5) is 26.4. The summed E-state index contributed by atoms with van der Waals surface area (Å²) in [5, 5.41) is 14.0. The van der Waals surface area contributed by atoms with E-state index in [1.807, 2.05) is 36.4 Å². The van der Waals surface area contributed by atoms with Crippen LogP contribution in [0.25, 0.3) is 10.8 Å². The Morgan fingerprint density at radius 2 is 1.77 bits per heavy atom. The minimum absolute atomic E-state index is 0.0605. The van der Waals surface area contributed by atoms with Gasteiger partial charge in [0, 0.05) is 25.8 Å². The molecule has 7 nitrogen and oxygen atoms in total. The van der Waals surface area contributed by atoms with E-state index in [0.717, 1.165) is 22.1 Å². The molecule has 0 fully saturated rings. The van der Waals surface area contributed by atoms with Gasteiger partial charge < -0.3 is 24.8 Å². The molecule has 0 aliphatic carbocycles. The fraction of sp³-hybridized carbons (Fsp3) is 0.250. The van der Waals surface area contributed by atoms with E-state index in [4.69, 9.17) is 14.6 Å². The average Bonchev–Trinajstić information content (AvgIpc) is 2.80. The van der Waals surface area contributed by atoms with Gasteiger partial charge in [0.1, 0.15) is 5.75 Å². The number of benzene rings is 3. The molecule has 0 radical (unpaired) electrons. The van der Waals surface area contributed by atoms with Crippen molar-refractivity contribution in [3.8, 4) is 5.75 Å². The summed E-state index contributed by atoms with van der Waals surface area (Å²) in [6.45, 7) is 0.293. The highest BCUT2D eigenvalue weighted by Gasteiger charge is 2.16. The van der Waals surface area contributed by atoms with E-state index in [1.165, 1.54) is 4.90 Å². The highest BCUT2D eigenvalue weighted by Crippen LogP contribution is 2.22. The molecule has 3 aromatic carbocycles. The van der Waals surface area contributed by atoms with E-state index in [-0.39, 0.29) is 19.1 Å². The summed E-state index contributed by atoms with van der Waals surface area (Å²) < 4.78 is 10.5. The molecule has 0 bridgehead atoms. The van der Waals surface area contributed by atoms with Crippen LogP contribution in [0.15, 0.2) is 60.7 Å². The molecular weight excluding hydrogens is 396 g/mol. The molecule has 0 atom stereocenters. The number of hydrogen-bond acceptors (Lipinski definition) is 6. The van der Waals surface area contributed by atoms with Gasteiger partial charge in [0.25, 0.3) is 5.91 Å². The first kappa shape index (κ1) is 22.1. The fourth-order valence-corrected chi connectivity index (χ4v) is 3.18. The van der Waals surface area contributed by atoms with E-state index >= 15 is 0 Å². The molecule has 0 heterocycles. The maximum absolute atomic E-state index is 12.5. The van der Waals surface area contributed by atoms with Gasteiger partial charge in [-0.1, -0.05) is 30.3 Å². The first-order valence-electron chi connectivity index (χ1n) is 9.93. The van der Waals surface area contributed by atoms with Gasteiger partial charge in [0.15, 0.2) is 6.61 Å². The maximum Gasteiger partial charge on any atom is 0.340 e. The molecule has 0 saturated carbocycles. The summed E-state index contributed by atoms with van der Waals surface area (Å²) in [6, 6.07) is 18.6. The van der Waals surface area contributed by atoms with Crippen molar-refractivity contribution in [2.75, 3.05) is 39.2 Å². The summed E-state index contributed by atoms with van der Waals surface area (Å²) >= 11 is 0. The number of nitrogens with one attached hydrogen (secondary N) is 1. The van der Waals surface area contributed by atoms with Gasteiger partial charge in [-0.3, -0.25) is 4.79 Å². The van der Waals surface area contributed by atoms with E-state index in [9.17, 15) is 9.59 Å². The molecule has 0 spiro atoms. The lowest BCUT2D eigenvalue weighted by Gasteiger charge is -2.18. The van der Waals surface area contributed by atoms with Crippen LogP contribution in [0.2, 0.25) is 0 Å². The van der Waals surface area contributed by atoms with Crippen molar-refractivity contribution < 1.29 is 24.2 Å². The standard InChI is InChI=1S/C24H26N2O5/c1-26(15-17-7-8-19-14-20(30-2)10-9-18(19)13-17)23(28)16-31-24(29)21-5-3-4-6-22(21)25-11-12-27/h3-10,13-14,25,27H,11-12,15-16H2,1-2H3. The number of likely N-dealkylation sites (N-methyl/N-ethyl adjacent to an activating group) is 1. The minimum Gasteiger partial charge on any atom is -0.497 e. The number of rotatable bonds is 9. The van der Waals surface area contributed by atoms with Crippen LogP contribution < -0.4 is 10.1 Å². The third-order valence-corrected chi connectivity index (χ3v) is 4.86. The van der Waals surface area contributed by atoms with Crippen molar-refractivity contribution >= 4 is 28.3 Å². The number of amides is 1. The van der Waals surface area contributed by atoms with Crippen molar-refractivity contribution in [2.24, 2.45) is 0 Å². The molecule has 1 amide bonds. The number of esters is 1. The summed E-state index contributed by atoms with van der Waals surface area (Å²) in [7, 11) is 3.30. The molecule has 0 aliphatic rings. The third kappa shape index (κ3) is 5.73. The van der Waals surface area contributed by atoms with Crippen molar-refractivity contribution in [2.45, 2.75) is 6.54 Å². The zero-order valence-electron chi connectivity index (χ0n) is 17.6. The molecule has 3 rings (SSSR count). The van der Waals surface area contributed by atoms with Gasteiger partial charge in [-0.15, -0.1) is 0 Å². The number of ether oxygens (including phenoxy) is 2. The summed E-state index contributed by atoms with van der Waals surface area (Å²) in [5.41, 5.74) is 1.84. The zero-order valence-corrected chi connectivity index (χ0v) is 17.6. The smallest absolute Gasteiger partial charge is 0.340 e. The normalized spacial score (nSPS) is 10.5. The lowest BCUT2D eigenvalue weighted by Crippen LogP contribution is -2.31. The van der Waals surface area contributed by atoms with E-state index in [2.05, 4.69) is 5.32 Å². The number of methoxy groups -OCH3 is 1. The Kier molecular flexibility index (Phi) is 7.45. The number of nitrogens with zero attached hydrogens (tertiary/aromatic N) is 1. The topological polar surface area (TPSA) is 88.1 Å². The van der Waals surface area contributed by atoms with Crippen LogP contribution >= 0.6 is 0 Å². The Hall–Kier alpha value is -3.58. The van der Waals surface area contributed by atoms with Gasteiger partial charge >= 0.3 is 5.97 Å². The number of carbonyl (C=O) groups excluding carboxylic acids is 2. The van der Waals surface area contributed by atoms with Gasteiger partial charge in [-0.2, -0.15) is 0 Å². The second-order valence-corrected chi connectivity index (χ2v) is 7.07. The maximum atomic E-state index is 12.5. The highest BCUT2D eigenvalue weighted by molar-refractivity contribution is 5.96. The average molecular weight is 422 g/mol. The summed E-state index contributed by atoms with van der Waals surface area (Å²) in [5.74, 6) is -0.103. The number of hydrogen-bond donors (Lipinski definition) is 2. The number of anilines is 1. The number of aliphatic hydroxyl groups is 1. The molecule has 0 aromatic heterocycles. The van der Waals surface area contributed by atoms with Gasteiger partial charge in [0.2, 0.25) is 0 Å². The molecule has 162 valence electrons. The quantitative estimate of drug-likeness (QED) is 0.516. The Morgan fingerprint density at radius 1 is 1.03 bits per heavy atom. The van der Waals surface area contributed by atoms with Crippen LogP contribution in [-0.4, -0.2) is 55.8 Å². The number of fused-ring (bicyclic) bond motifs is 1. The monoisotopic (exact) mass is 422 g/mol. The van der Waals surface area contributed by atoms with Crippen LogP contribution in [-0.2, 0) is 16.1 Å². The Bertz CT molecular complexity index is 1070. The van der Waals surface area contributed by atoms with E-state index in [1.54, 1.807) is 38.4 Å².